The smallest absolute Gasteiger partial charge is 0.313 e. The molecule has 5 nitrogen and oxygen atoms in total. The summed E-state index contributed by atoms with van der Waals surface area (Å²) in [5, 5.41) is 9.55. The van der Waals surface area contributed by atoms with Crippen molar-refractivity contribution in [2.24, 2.45) is 0 Å². The van der Waals surface area contributed by atoms with Crippen LogP contribution >= 0.6 is 0 Å². The Hall–Kier alpha value is -3.29. The van der Waals surface area contributed by atoms with Gasteiger partial charge in [0.1, 0.15) is 5.82 Å². The summed E-state index contributed by atoms with van der Waals surface area (Å²) >= 11 is 0. The summed E-state index contributed by atoms with van der Waals surface area (Å²) < 4.78 is 49.2. The lowest BCUT2D eigenvalue weighted by Gasteiger charge is -2.16. The fourth-order valence-corrected chi connectivity index (χ4v) is 3.55. The van der Waals surface area contributed by atoms with Crippen LogP contribution in [0.2, 0.25) is 0 Å². The van der Waals surface area contributed by atoms with Crippen molar-refractivity contribution in [3.8, 4) is 5.75 Å². The molecule has 164 valence electrons. The van der Waals surface area contributed by atoms with Crippen LogP contribution in [-0.4, -0.2) is 27.7 Å². The molecule has 1 N–H and O–H groups in total. The van der Waals surface area contributed by atoms with E-state index >= 15 is 0 Å². The van der Waals surface area contributed by atoms with E-state index in [0.717, 1.165) is 22.8 Å². The number of carbonyl (C=O) groups excluding carboxylic acids is 2. The van der Waals surface area contributed by atoms with Crippen LogP contribution in [0, 0.1) is 24.4 Å². The predicted octanol–water partition coefficient (Wildman–Crippen LogP) is 5.21. The summed E-state index contributed by atoms with van der Waals surface area (Å²) in [4.78, 5) is 25.8. The molecule has 0 aliphatic rings. The molecule has 0 aliphatic heterocycles. The van der Waals surface area contributed by atoms with Crippen molar-refractivity contribution in [2.75, 3.05) is 0 Å². The highest BCUT2D eigenvalue weighted by molar-refractivity contribution is 6.05. The average molecular weight is 433 g/mol. The van der Waals surface area contributed by atoms with E-state index in [9.17, 15) is 27.9 Å². The van der Waals surface area contributed by atoms with Crippen molar-refractivity contribution in [1.29, 1.82) is 0 Å². The van der Waals surface area contributed by atoms with Crippen molar-refractivity contribution in [3.63, 3.8) is 0 Å². The van der Waals surface area contributed by atoms with Crippen LogP contribution in [0.1, 0.15) is 54.7 Å². The lowest BCUT2D eigenvalue weighted by molar-refractivity contribution is -0.149. The number of benzene rings is 2. The van der Waals surface area contributed by atoms with E-state index in [-0.39, 0.29) is 33.8 Å². The highest BCUT2D eigenvalue weighted by Crippen LogP contribution is 2.39. The Morgan fingerprint density at radius 1 is 1.16 bits per heavy atom. The Kier molecular flexibility index (Phi) is 6.10. The normalized spacial score (nSPS) is 13.3. The highest BCUT2D eigenvalue weighted by atomic mass is 19.1. The maximum absolute atomic E-state index is 15.0. The first-order valence-electron chi connectivity index (χ1n) is 9.81. The number of hydrogen-bond acceptors (Lipinski definition) is 4. The summed E-state index contributed by atoms with van der Waals surface area (Å²) in [5.74, 6) is -6.83. The second-order valence-electron chi connectivity index (χ2n) is 7.44. The number of phenolic OH excluding ortho intramolecular Hbond substituents is 1. The monoisotopic (exact) mass is 433 g/mol. The number of ether oxygens (including phenoxy) is 1. The van der Waals surface area contributed by atoms with Gasteiger partial charge in [-0.25, -0.2) is 13.2 Å². The molecule has 0 saturated heterocycles. The van der Waals surface area contributed by atoms with E-state index in [4.69, 9.17) is 4.74 Å². The Morgan fingerprint density at radius 3 is 2.45 bits per heavy atom. The molecule has 0 amide bonds. The minimum Gasteiger partial charge on any atom is -0.503 e. The second kappa shape index (κ2) is 8.45. The summed E-state index contributed by atoms with van der Waals surface area (Å²) in [5.41, 5.74) is 0.00986. The molecule has 0 spiro atoms. The van der Waals surface area contributed by atoms with Gasteiger partial charge in [-0.15, -0.1) is 0 Å². The molecule has 8 heteroatoms. The zero-order valence-corrected chi connectivity index (χ0v) is 17.5. The molecule has 0 aliphatic carbocycles. The van der Waals surface area contributed by atoms with Gasteiger partial charge in [-0.3, -0.25) is 14.2 Å². The lowest BCUT2D eigenvalue weighted by Crippen LogP contribution is -2.20. The number of hydrogen-bond donors (Lipinski definition) is 1. The van der Waals surface area contributed by atoms with Crippen LogP contribution in [0.25, 0.3) is 10.9 Å². The molecule has 0 radical (unpaired) electrons. The largest absolute Gasteiger partial charge is 0.503 e. The molecule has 3 rings (SSSR count). The first kappa shape index (κ1) is 22.4. The first-order chi connectivity index (χ1) is 14.6. The van der Waals surface area contributed by atoms with Gasteiger partial charge in [-0.2, -0.15) is 0 Å². The Labute approximate surface area is 177 Å². The third kappa shape index (κ3) is 3.89. The number of halogens is 3. The van der Waals surface area contributed by atoms with E-state index in [0.29, 0.717) is 6.42 Å². The number of carbonyl (C=O) groups is 2. The minimum absolute atomic E-state index is 0.0460. The number of esters is 1. The SMILES string of the molecule is CCC(C)OC(=O)C(C)c1c(C)n(C(=O)c2cccc(F)c2)c2cc(F)c(O)c(F)c12. The van der Waals surface area contributed by atoms with Gasteiger partial charge >= 0.3 is 5.97 Å². The van der Waals surface area contributed by atoms with Gasteiger partial charge in [0.05, 0.1) is 17.5 Å². The predicted molar refractivity (Wildman–Crippen MR) is 109 cm³/mol. The number of nitrogens with zero attached hydrogens (tertiary/aromatic N) is 1. The van der Waals surface area contributed by atoms with Crippen molar-refractivity contribution in [3.05, 3.63) is 64.6 Å². The third-order valence-corrected chi connectivity index (χ3v) is 5.36. The Balaban J connectivity index is 2.28. The molecule has 31 heavy (non-hydrogen) atoms. The summed E-state index contributed by atoms with van der Waals surface area (Å²) in [6.45, 7) is 6.48. The molecule has 2 aromatic carbocycles. The molecule has 2 unspecified atom stereocenters. The van der Waals surface area contributed by atoms with Gasteiger partial charge in [0.15, 0.2) is 17.4 Å². The van der Waals surface area contributed by atoms with Gasteiger partial charge in [0.2, 0.25) is 0 Å². The average Bonchev–Trinajstić information content (AvgIpc) is 3.02. The number of aromatic hydroxyl groups is 1. The molecule has 0 bridgehead atoms. The van der Waals surface area contributed by atoms with E-state index in [1.807, 2.05) is 6.92 Å². The lowest BCUT2D eigenvalue weighted by atomic mass is 9.97. The minimum atomic E-state index is -1.29. The summed E-state index contributed by atoms with van der Waals surface area (Å²) in [6, 6.07) is 5.68. The number of phenols is 1. The van der Waals surface area contributed by atoms with E-state index in [2.05, 4.69) is 0 Å². The third-order valence-electron chi connectivity index (χ3n) is 5.36. The second-order valence-corrected chi connectivity index (χ2v) is 7.44. The molecular formula is C23H22F3NO4. The fourth-order valence-electron chi connectivity index (χ4n) is 3.55. The van der Waals surface area contributed by atoms with Crippen LogP contribution in [-0.2, 0) is 9.53 Å². The zero-order valence-electron chi connectivity index (χ0n) is 17.5. The van der Waals surface area contributed by atoms with Crippen molar-refractivity contribution < 1.29 is 32.6 Å². The Bertz CT molecular complexity index is 1190. The number of aromatic nitrogens is 1. The van der Waals surface area contributed by atoms with Gasteiger partial charge < -0.3 is 9.84 Å². The van der Waals surface area contributed by atoms with Gasteiger partial charge in [-0.1, -0.05) is 13.0 Å². The molecular weight excluding hydrogens is 411 g/mol. The van der Waals surface area contributed by atoms with E-state index in [1.54, 1.807) is 6.92 Å². The molecule has 3 aromatic rings. The van der Waals surface area contributed by atoms with Crippen molar-refractivity contribution in [1.82, 2.24) is 4.57 Å². The molecule has 0 saturated carbocycles. The van der Waals surface area contributed by atoms with Gasteiger partial charge in [0, 0.05) is 22.7 Å². The molecule has 1 heterocycles. The Morgan fingerprint density at radius 2 is 1.84 bits per heavy atom. The van der Waals surface area contributed by atoms with Crippen LogP contribution in [0.4, 0.5) is 13.2 Å². The zero-order chi connectivity index (χ0) is 23.0. The maximum Gasteiger partial charge on any atom is 0.313 e. The van der Waals surface area contributed by atoms with Crippen LogP contribution in [0.5, 0.6) is 5.75 Å². The number of rotatable bonds is 5. The molecule has 0 fully saturated rings. The summed E-state index contributed by atoms with van der Waals surface area (Å²) in [6.07, 6.45) is 0.186. The number of fused-ring (bicyclic) bond motifs is 1. The van der Waals surface area contributed by atoms with E-state index in [1.165, 1.54) is 26.0 Å². The quantitative estimate of drug-likeness (QED) is 0.561. The maximum atomic E-state index is 15.0. The standard InChI is InChI=1S/C23H22F3NO4/c1-5-11(2)31-23(30)12(3)18-13(4)27(22(29)14-7-6-8-15(24)9-14)17-10-16(25)21(28)20(26)19(17)18/h6-12,28H,5H2,1-4H3. The fraction of sp³-hybridized carbons (Fsp3) is 0.304. The van der Waals surface area contributed by atoms with Crippen LogP contribution in [0.15, 0.2) is 30.3 Å². The van der Waals surface area contributed by atoms with Crippen LogP contribution < -0.4 is 0 Å². The topological polar surface area (TPSA) is 68.5 Å². The highest BCUT2D eigenvalue weighted by Gasteiger charge is 2.31. The van der Waals surface area contributed by atoms with E-state index < -0.39 is 41.0 Å². The summed E-state index contributed by atoms with van der Waals surface area (Å²) in [7, 11) is 0. The van der Waals surface area contributed by atoms with Crippen molar-refractivity contribution >= 4 is 22.8 Å². The van der Waals surface area contributed by atoms with Crippen LogP contribution in [0.3, 0.4) is 0 Å². The van der Waals surface area contributed by atoms with Gasteiger partial charge in [0.25, 0.3) is 5.91 Å². The molecule has 1 aromatic heterocycles. The molecule has 2 atom stereocenters. The van der Waals surface area contributed by atoms with Gasteiger partial charge in [-0.05, 0) is 51.0 Å². The van der Waals surface area contributed by atoms with Crippen molar-refractivity contribution in [2.45, 2.75) is 46.1 Å². The first-order valence-corrected chi connectivity index (χ1v) is 9.81.